The van der Waals surface area contributed by atoms with Gasteiger partial charge in [0.1, 0.15) is 0 Å². The SMILES string of the molecule is Cn1ccnc1SCC1CC(c2ccc(CO)cc2)OC(c2ccc(CN3C(=O)c4ccccc4C3=O)cc2)O1. The molecule has 3 unspecified atom stereocenters. The van der Waals surface area contributed by atoms with Crippen LogP contribution >= 0.6 is 11.8 Å². The first-order valence-electron chi connectivity index (χ1n) is 13.1. The number of aliphatic hydroxyl groups excluding tert-OH is 1. The third-order valence-electron chi connectivity index (χ3n) is 7.26. The summed E-state index contributed by atoms with van der Waals surface area (Å²) < 4.78 is 14.8. The van der Waals surface area contributed by atoms with E-state index in [1.165, 1.54) is 4.90 Å². The number of imide groups is 1. The first kappa shape index (κ1) is 26.5. The van der Waals surface area contributed by atoms with Gasteiger partial charge in [0, 0.05) is 37.2 Å². The van der Waals surface area contributed by atoms with Gasteiger partial charge in [0.15, 0.2) is 11.4 Å². The Morgan fingerprint density at radius 1 is 0.900 bits per heavy atom. The summed E-state index contributed by atoms with van der Waals surface area (Å²) in [5.74, 6) is 0.173. The zero-order valence-corrected chi connectivity index (χ0v) is 22.8. The van der Waals surface area contributed by atoms with Crippen molar-refractivity contribution in [1.29, 1.82) is 0 Å². The average molecular weight is 556 g/mol. The van der Waals surface area contributed by atoms with Crippen molar-refractivity contribution in [3.05, 3.63) is 119 Å². The van der Waals surface area contributed by atoms with Gasteiger partial charge in [-0.15, -0.1) is 0 Å². The van der Waals surface area contributed by atoms with E-state index < -0.39 is 6.29 Å². The molecule has 0 bridgehead atoms. The minimum Gasteiger partial charge on any atom is -0.392 e. The van der Waals surface area contributed by atoms with E-state index in [4.69, 9.17) is 9.47 Å². The topological polar surface area (TPSA) is 93.9 Å². The van der Waals surface area contributed by atoms with Crippen LogP contribution in [0.3, 0.4) is 0 Å². The quantitative estimate of drug-likeness (QED) is 0.240. The highest BCUT2D eigenvalue weighted by Crippen LogP contribution is 2.39. The molecule has 2 aliphatic heterocycles. The molecule has 0 saturated carbocycles. The van der Waals surface area contributed by atoms with E-state index in [0.717, 1.165) is 27.4 Å². The number of thioether (sulfide) groups is 1. The van der Waals surface area contributed by atoms with Crippen LogP contribution in [-0.2, 0) is 29.7 Å². The fraction of sp³-hybridized carbons (Fsp3) is 0.258. The van der Waals surface area contributed by atoms with Gasteiger partial charge in [0.05, 0.1) is 36.5 Å². The van der Waals surface area contributed by atoms with Crippen LogP contribution < -0.4 is 0 Å². The maximum Gasteiger partial charge on any atom is 0.261 e. The van der Waals surface area contributed by atoms with Crippen LogP contribution in [0.4, 0.5) is 0 Å². The number of hydrogen-bond donors (Lipinski definition) is 1. The van der Waals surface area contributed by atoms with Crippen LogP contribution in [0.5, 0.6) is 0 Å². The number of benzene rings is 3. The molecule has 6 rings (SSSR count). The molecule has 9 heteroatoms. The normalized spacial score (nSPS) is 20.6. The molecule has 0 spiro atoms. The van der Waals surface area contributed by atoms with Crippen molar-refractivity contribution in [3.63, 3.8) is 0 Å². The highest BCUT2D eigenvalue weighted by Gasteiger charge is 2.35. The minimum atomic E-state index is -0.586. The largest absolute Gasteiger partial charge is 0.392 e. The molecule has 1 aromatic heterocycles. The number of nitrogens with zero attached hydrogens (tertiary/aromatic N) is 3. The van der Waals surface area contributed by atoms with Gasteiger partial charge in [-0.1, -0.05) is 72.4 Å². The number of aromatic nitrogens is 2. The molecule has 0 aliphatic carbocycles. The molecule has 3 atom stereocenters. The molecule has 4 aromatic rings. The third-order valence-corrected chi connectivity index (χ3v) is 8.45. The molecular formula is C31H29N3O5S. The molecule has 3 heterocycles. The minimum absolute atomic E-state index is 0.00642. The molecule has 2 amide bonds. The number of carbonyl (C=O) groups excluding carboxylic acids is 2. The Morgan fingerprint density at radius 2 is 1.55 bits per heavy atom. The van der Waals surface area contributed by atoms with E-state index in [9.17, 15) is 14.7 Å². The fourth-order valence-corrected chi connectivity index (χ4v) is 5.98. The van der Waals surface area contributed by atoms with E-state index in [1.807, 2.05) is 66.3 Å². The van der Waals surface area contributed by atoms with Crippen molar-refractivity contribution in [2.24, 2.45) is 7.05 Å². The summed E-state index contributed by atoms with van der Waals surface area (Å²) in [4.78, 5) is 31.3. The number of rotatable bonds is 8. The molecule has 1 N–H and O–H groups in total. The number of fused-ring (bicyclic) bond motifs is 1. The van der Waals surface area contributed by atoms with Gasteiger partial charge in [-0.3, -0.25) is 14.5 Å². The maximum absolute atomic E-state index is 12.8. The van der Waals surface area contributed by atoms with E-state index in [0.29, 0.717) is 23.3 Å². The highest BCUT2D eigenvalue weighted by molar-refractivity contribution is 7.99. The summed E-state index contributed by atoms with van der Waals surface area (Å²) in [7, 11) is 1.97. The molecule has 204 valence electrons. The monoisotopic (exact) mass is 555 g/mol. The summed E-state index contributed by atoms with van der Waals surface area (Å²) in [6.07, 6.45) is 3.54. The zero-order valence-electron chi connectivity index (χ0n) is 22.0. The third kappa shape index (κ3) is 5.33. The van der Waals surface area contributed by atoms with Crippen molar-refractivity contribution >= 4 is 23.6 Å². The summed E-state index contributed by atoms with van der Waals surface area (Å²) in [6.45, 7) is 0.190. The van der Waals surface area contributed by atoms with Crippen molar-refractivity contribution in [2.45, 2.75) is 43.2 Å². The molecule has 0 radical (unpaired) electrons. The lowest BCUT2D eigenvalue weighted by molar-refractivity contribution is -0.245. The van der Waals surface area contributed by atoms with Crippen molar-refractivity contribution in [1.82, 2.24) is 14.5 Å². The number of aliphatic hydroxyl groups is 1. The van der Waals surface area contributed by atoms with Gasteiger partial charge in [-0.25, -0.2) is 4.98 Å². The molecular weight excluding hydrogens is 526 g/mol. The number of carbonyl (C=O) groups is 2. The maximum atomic E-state index is 12.8. The summed E-state index contributed by atoms with van der Waals surface area (Å²) >= 11 is 1.65. The van der Waals surface area contributed by atoms with Crippen LogP contribution in [0.25, 0.3) is 0 Å². The lowest BCUT2D eigenvalue weighted by Gasteiger charge is -2.36. The predicted molar refractivity (Wildman–Crippen MR) is 149 cm³/mol. The molecule has 2 aliphatic rings. The van der Waals surface area contributed by atoms with Crippen molar-refractivity contribution in [3.8, 4) is 0 Å². The fourth-order valence-electron chi connectivity index (χ4n) is 5.03. The predicted octanol–water partition coefficient (Wildman–Crippen LogP) is 5.05. The number of imidazole rings is 1. The Morgan fingerprint density at radius 3 is 2.17 bits per heavy atom. The average Bonchev–Trinajstić information content (AvgIpc) is 3.52. The van der Waals surface area contributed by atoms with E-state index in [2.05, 4.69) is 4.98 Å². The number of aryl methyl sites for hydroxylation is 1. The van der Waals surface area contributed by atoms with Crippen LogP contribution in [0.1, 0.15) is 61.8 Å². The Hall–Kier alpha value is -3.76. The summed E-state index contributed by atoms with van der Waals surface area (Å²) in [6, 6.07) is 22.4. The second-order valence-corrected chi connectivity index (χ2v) is 11.0. The lowest BCUT2D eigenvalue weighted by atomic mass is 10.0. The van der Waals surface area contributed by atoms with Gasteiger partial charge in [0.2, 0.25) is 0 Å². The van der Waals surface area contributed by atoms with Crippen molar-refractivity contribution < 1.29 is 24.2 Å². The first-order valence-corrected chi connectivity index (χ1v) is 14.1. The van der Waals surface area contributed by atoms with E-state index in [-0.39, 0.29) is 37.2 Å². The standard InChI is InChI=1S/C31H29N3O5S/c1-33-15-14-32-31(33)40-19-24-16-27(22-10-8-21(18-35)9-11-22)39-30(38-24)23-12-6-20(7-13-23)17-34-28(36)25-4-2-3-5-26(25)29(34)37/h2-15,24,27,30,35H,16-19H2,1H3. The van der Waals surface area contributed by atoms with Crippen LogP contribution in [-0.4, -0.2) is 43.2 Å². The zero-order chi connectivity index (χ0) is 27.6. The smallest absolute Gasteiger partial charge is 0.261 e. The van der Waals surface area contributed by atoms with Crippen LogP contribution in [0.2, 0.25) is 0 Å². The van der Waals surface area contributed by atoms with Crippen LogP contribution in [0, 0.1) is 0 Å². The van der Waals surface area contributed by atoms with Crippen LogP contribution in [0.15, 0.2) is 90.3 Å². The lowest BCUT2D eigenvalue weighted by Crippen LogP contribution is -2.31. The first-order chi connectivity index (χ1) is 19.5. The Bertz CT molecular complexity index is 1480. The summed E-state index contributed by atoms with van der Waals surface area (Å²) in [5, 5.41) is 10.4. The van der Waals surface area contributed by atoms with Gasteiger partial charge >= 0.3 is 0 Å². The Labute approximate surface area is 236 Å². The molecule has 3 aromatic carbocycles. The molecule has 8 nitrogen and oxygen atoms in total. The van der Waals surface area contributed by atoms with Gasteiger partial charge in [0.25, 0.3) is 11.8 Å². The second kappa shape index (κ2) is 11.4. The number of ether oxygens (including phenoxy) is 2. The Kier molecular flexibility index (Phi) is 7.53. The van der Waals surface area contributed by atoms with Gasteiger partial charge < -0.3 is 19.1 Å². The van der Waals surface area contributed by atoms with E-state index >= 15 is 0 Å². The number of hydrogen-bond acceptors (Lipinski definition) is 7. The number of amides is 2. The molecule has 1 saturated heterocycles. The Balaban J connectivity index is 1.18. The van der Waals surface area contributed by atoms with Gasteiger partial charge in [-0.2, -0.15) is 0 Å². The van der Waals surface area contributed by atoms with Crippen molar-refractivity contribution in [2.75, 3.05) is 5.75 Å². The second-order valence-electron chi connectivity index (χ2n) is 9.97. The summed E-state index contributed by atoms with van der Waals surface area (Å²) in [5.41, 5.74) is 4.46. The highest BCUT2D eigenvalue weighted by atomic mass is 32.2. The molecule has 40 heavy (non-hydrogen) atoms. The van der Waals surface area contributed by atoms with Gasteiger partial charge in [-0.05, 0) is 28.8 Å². The van der Waals surface area contributed by atoms with E-state index in [1.54, 1.807) is 42.2 Å². The molecule has 1 fully saturated rings.